The van der Waals surface area contributed by atoms with Crippen molar-refractivity contribution in [1.29, 1.82) is 0 Å². The maximum Gasteiger partial charge on any atom is 0.228 e. The smallest absolute Gasteiger partial charge is 0.228 e. The van der Waals surface area contributed by atoms with Crippen LogP contribution in [0.15, 0.2) is 73.1 Å². The van der Waals surface area contributed by atoms with Crippen molar-refractivity contribution in [2.45, 2.75) is 13.3 Å². The Morgan fingerprint density at radius 1 is 0.840 bits per heavy atom. The van der Waals surface area contributed by atoms with Crippen molar-refractivity contribution in [1.82, 2.24) is 4.57 Å². The minimum absolute atomic E-state index is 0.0824. The fourth-order valence-corrected chi connectivity index (χ4v) is 2.52. The normalized spacial score (nSPS) is 10.3. The van der Waals surface area contributed by atoms with Crippen molar-refractivity contribution < 1.29 is 9.59 Å². The van der Waals surface area contributed by atoms with Gasteiger partial charge in [0.15, 0.2) is 0 Å². The summed E-state index contributed by atoms with van der Waals surface area (Å²) in [6.07, 6.45) is 4.26. The molecule has 126 valence electrons. The fourth-order valence-electron chi connectivity index (χ4n) is 2.52. The summed E-state index contributed by atoms with van der Waals surface area (Å²) in [7, 11) is 0. The van der Waals surface area contributed by atoms with Crippen LogP contribution in [0, 0.1) is 0 Å². The van der Waals surface area contributed by atoms with Crippen LogP contribution in [0.1, 0.15) is 12.5 Å². The van der Waals surface area contributed by atoms with E-state index in [2.05, 4.69) is 10.6 Å². The Kier molecular flexibility index (Phi) is 4.95. The average Bonchev–Trinajstić information content (AvgIpc) is 3.11. The molecule has 25 heavy (non-hydrogen) atoms. The molecular formula is C20H19N3O2. The number of nitrogens with one attached hydrogen (secondary N) is 2. The van der Waals surface area contributed by atoms with Gasteiger partial charge in [-0.2, -0.15) is 0 Å². The zero-order chi connectivity index (χ0) is 17.6. The van der Waals surface area contributed by atoms with E-state index in [0.717, 1.165) is 11.3 Å². The number of hydrogen-bond acceptors (Lipinski definition) is 2. The van der Waals surface area contributed by atoms with E-state index in [1.54, 1.807) is 24.3 Å². The lowest BCUT2D eigenvalue weighted by Gasteiger charge is -2.08. The lowest BCUT2D eigenvalue weighted by Crippen LogP contribution is -2.14. The van der Waals surface area contributed by atoms with Gasteiger partial charge in [0, 0.05) is 36.4 Å². The third-order valence-electron chi connectivity index (χ3n) is 3.69. The molecule has 2 aromatic carbocycles. The minimum Gasteiger partial charge on any atom is -0.326 e. The van der Waals surface area contributed by atoms with E-state index >= 15 is 0 Å². The Morgan fingerprint density at radius 3 is 1.96 bits per heavy atom. The molecule has 5 heteroatoms. The molecule has 5 nitrogen and oxygen atoms in total. The summed E-state index contributed by atoms with van der Waals surface area (Å²) in [6, 6.07) is 18.9. The molecular weight excluding hydrogens is 314 g/mol. The molecule has 0 aliphatic carbocycles. The van der Waals surface area contributed by atoms with Crippen molar-refractivity contribution >= 4 is 23.2 Å². The van der Waals surface area contributed by atoms with Crippen LogP contribution >= 0.6 is 0 Å². The molecule has 0 fully saturated rings. The molecule has 1 aromatic heterocycles. The summed E-state index contributed by atoms with van der Waals surface area (Å²) in [5.41, 5.74) is 3.40. The highest BCUT2D eigenvalue weighted by atomic mass is 16.2. The molecule has 0 aliphatic rings. The van der Waals surface area contributed by atoms with Gasteiger partial charge in [-0.3, -0.25) is 9.59 Å². The molecule has 0 aliphatic heterocycles. The van der Waals surface area contributed by atoms with Crippen LogP contribution in [-0.4, -0.2) is 16.4 Å². The summed E-state index contributed by atoms with van der Waals surface area (Å²) >= 11 is 0. The van der Waals surface area contributed by atoms with Crippen LogP contribution in [0.25, 0.3) is 5.69 Å². The van der Waals surface area contributed by atoms with Gasteiger partial charge >= 0.3 is 0 Å². The molecule has 0 saturated carbocycles. The lowest BCUT2D eigenvalue weighted by molar-refractivity contribution is -0.116. The van der Waals surface area contributed by atoms with Crippen LogP contribution < -0.4 is 10.6 Å². The van der Waals surface area contributed by atoms with Crippen molar-refractivity contribution in [2.24, 2.45) is 0 Å². The lowest BCUT2D eigenvalue weighted by atomic mass is 10.1. The fraction of sp³-hybridized carbons (Fsp3) is 0.100. The Labute approximate surface area is 146 Å². The van der Waals surface area contributed by atoms with E-state index in [-0.39, 0.29) is 11.8 Å². The highest BCUT2D eigenvalue weighted by molar-refractivity contribution is 5.93. The molecule has 0 atom stereocenters. The highest BCUT2D eigenvalue weighted by Crippen LogP contribution is 2.15. The monoisotopic (exact) mass is 333 g/mol. The van der Waals surface area contributed by atoms with E-state index in [9.17, 15) is 9.59 Å². The van der Waals surface area contributed by atoms with Crippen molar-refractivity contribution in [3.8, 4) is 5.69 Å². The second-order valence-electron chi connectivity index (χ2n) is 5.74. The first-order chi connectivity index (χ1) is 12.1. The molecule has 2 N–H and O–H groups in total. The summed E-state index contributed by atoms with van der Waals surface area (Å²) in [4.78, 5) is 23.2. The van der Waals surface area contributed by atoms with E-state index in [4.69, 9.17) is 0 Å². The van der Waals surface area contributed by atoms with Crippen LogP contribution in [0.3, 0.4) is 0 Å². The maximum atomic E-state index is 12.2. The Balaban J connectivity index is 1.58. The Bertz CT molecular complexity index is 851. The van der Waals surface area contributed by atoms with Gasteiger partial charge in [0.1, 0.15) is 0 Å². The summed E-state index contributed by atoms with van der Waals surface area (Å²) in [5.74, 6) is -0.207. The number of rotatable bonds is 5. The highest BCUT2D eigenvalue weighted by Gasteiger charge is 2.05. The predicted octanol–water partition coefficient (Wildman–Crippen LogP) is 3.62. The van der Waals surface area contributed by atoms with Crippen molar-refractivity contribution in [2.75, 3.05) is 10.6 Å². The molecule has 0 bridgehead atoms. The van der Waals surface area contributed by atoms with Crippen LogP contribution in [0.4, 0.5) is 11.4 Å². The van der Waals surface area contributed by atoms with E-state index in [1.165, 1.54) is 6.92 Å². The maximum absolute atomic E-state index is 12.2. The number of anilines is 2. The first-order valence-electron chi connectivity index (χ1n) is 8.00. The number of benzene rings is 2. The van der Waals surface area contributed by atoms with Gasteiger partial charge in [-0.15, -0.1) is 0 Å². The van der Waals surface area contributed by atoms with E-state index in [1.807, 2.05) is 53.4 Å². The zero-order valence-electron chi connectivity index (χ0n) is 13.9. The van der Waals surface area contributed by atoms with Gasteiger partial charge in [-0.1, -0.05) is 12.1 Å². The number of hydrogen-bond donors (Lipinski definition) is 2. The third-order valence-corrected chi connectivity index (χ3v) is 3.69. The predicted molar refractivity (Wildman–Crippen MR) is 98.8 cm³/mol. The number of carbonyl (C=O) groups is 2. The Hall–Kier alpha value is -3.34. The second-order valence-corrected chi connectivity index (χ2v) is 5.74. The molecule has 2 amide bonds. The first kappa shape index (κ1) is 16.5. The third kappa shape index (κ3) is 4.57. The molecule has 3 aromatic rings. The Morgan fingerprint density at radius 2 is 1.40 bits per heavy atom. The molecule has 0 saturated heterocycles. The standard InChI is InChI=1S/C20H19N3O2/c1-15(24)21-17-6-8-18(9-7-17)22-20(25)14-16-4-10-19(11-5-16)23-12-2-3-13-23/h2-13H,14H2,1H3,(H,21,24)(H,22,25). The van der Waals surface area contributed by atoms with Crippen molar-refractivity contribution in [3.05, 3.63) is 78.6 Å². The van der Waals surface area contributed by atoms with Gasteiger partial charge in [-0.05, 0) is 54.1 Å². The number of amides is 2. The van der Waals surface area contributed by atoms with Crippen LogP contribution in [0.5, 0.6) is 0 Å². The summed E-state index contributed by atoms with van der Waals surface area (Å²) < 4.78 is 2.01. The number of aromatic nitrogens is 1. The van der Waals surface area contributed by atoms with Gasteiger partial charge in [-0.25, -0.2) is 0 Å². The van der Waals surface area contributed by atoms with Crippen LogP contribution in [-0.2, 0) is 16.0 Å². The average molecular weight is 333 g/mol. The largest absolute Gasteiger partial charge is 0.326 e. The van der Waals surface area contributed by atoms with Gasteiger partial charge < -0.3 is 15.2 Å². The number of nitrogens with zero attached hydrogens (tertiary/aromatic N) is 1. The molecule has 0 radical (unpaired) electrons. The first-order valence-corrected chi connectivity index (χ1v) is 8.00. The molecule has 0 unspecified atom stereocenters. The quantitative estimate of drug-likeness (QED) is 0.749. The van der Waals surface area contributed by atoms with E-state index < -0.39 is 0 Å². The van der Waals surface area contributed by atoms with E-state index in [0.29, 0.717) is 17.8 Å². The summed E-state index contributed by atoms with van der Waals surface area (Å²) in [6.45, 7) is 1.46. The van der Waals surface area contributed by atoms with Crippen molar-refractivity contribution in [3.63, 3.8) is 0 Å². The molecule has 1 heterocycles. The van der Waals surface area contributed by atoms with Gasteiger partial charge in [0.05, 0.1) is 6.42 Å². The van der Waals surface area contributed by atoms with Gasteiger partial charge in [0.2, 0.25) is 11.8 Å². The number of carbonyl (C=O) groups excluding carboxylic acids is 2. The molecule has 0 spiro atoms. The van der Waals surface area contributed by atoms with Crippen LogP contribution in [0.2, 0.25) is 0 Å². The SMILES string of the molecule is CC(=O)Nc1ccc(NC(=O)Cc2ccc(-n3cccc3)cc2)cc1. The topological polar surface area (TPSA) is 63.1 Å². The summed E-state index contributed by atoms with van der Waals surface area (Å²) in [5, 5.41) is 5.54. The second kappa shape index (κ2) is 7.49. The zero-order valence-corrected chi connectivity index (χ0v) is 13.9. The minimum atomic E-state index is -0.125. The van der Waals surface area contributed by atoms with Gasteiger partial charge in [0.25, 0.3) is 0 Å². The molecule has 3 rings (SSSR count).